The van der Waals surface area contributed by atoms with E-state index in [9.17, 15) is 0 Å². The van der Waals surface area contributed by atoms with Gasteiger partial charge in [-0.05, 0) is 48.9 Å². The predicted molar refractivity (Wildman–Crippen MR) is 65.2 cm³/mol. The summed E-state index contributed by atoms with van der Waals surface area (Å²) in [6.45, 7) is 5.67. The van der Waals surface area contributed by atoms with Gasteiger partial charge >= 0.3 is 0 Å². The summed E-state index contributed by atoms with van der Waals surface area (Å²) >= 11 is 0. The Labute approximate surface area is 92.9 Å². The first-order valence-electron chi connectivity index (χ1n) is 6.20. The quantitative estimate of drug-likeness (QED) is 0.795. The molecule has 1 aliphatic heterocycles. The molecule has 1 aliphatic rings. The van der Waals surface area contributed by atoms with Gasteiger partial charge in [0, 0.05) is 6.04 Å². The maximum atomic E-state index is 3.56. The fourth-order valence-corrected chi connectivity index (χ4v) is 2.51. The molecule has 1 aromatic carbocycles. The maximum absolute atomic E-state index is 3.56. The topological polar surface area (TPSA) is 12.0 Å². The van der Waals surface area contributed by atoms with Gasteiger partial charge in [-0.1, -0.05) is 32.0 Å². The van der Waals surface area contributed by atoms with E-state index in [2.05, 4.69) is 37.4 Å². The fourth-order valence-electron chi connectivity index (χ4n) is 2.51. The first-order valence-corrected chi connectivity index (χ1v) is 6.20. The van der Waals surface area contributed by atoms with Crippen LogP contribution in [-0.2, 0) is 12.8 Å². The summed E-state index contributed by atoms with van der Waals surface area (Å²) in [5.74, 6) is 0. The van der Waals surface area contributed by atoms with Crippen LogP contribution in [0.3, 0.4) is 0 Å². The van der Waals surface area contributed by atoms with Gasteiger partial charge in [-0.25, -0.2) is 0 Å². The highest BCUT2D eigenvalue weighted by molar-refractivity contribution is 5.34. The van der Waals surface area contributed by atoms with Crippen molar-refractivity contribution in [3.63, 3.8) is 0 Å². The molecule has 0 aliphatic carbocycles. The molecule has 1 N–H and O–H groups in total. The van der Waals surface area contributed by atoms with Crippen LogP contribution < -0.4 is 5.32 Å². The molecule has 82 valence electrons. The zero-order chi connectivity index (χ0) is 10.7. The molecule has 0 bridgehead atoms. The van der Waals surface area contributed by atoms with Crippen LogP contribution >= 0.6 is 0 Å². The second kappa shape index (κ2) is 4.80. The summed E-state index contributed by atoms with van der Waals surface area (Å²) < 4.78 is 0. The number of nitrogens with one attached hydrogen (secondary N) is 1. The van der Waals surface area contributed by atoms with Crippen LogP contribution in [0.2, 0.25) is 0 Å². The Morgan fingerprint density at radius 1 is 1.20 bits per heavy atom. The molecule has 1 unspecified atom stereocenters. The minimum atomic E-state index is 0.612. The number of benzene rings is 1. The highest BCUT2D eigenvalue weighted by Gasteiger charge is 2.16. The Morgan fingerprint density at radius 3 is 2.60 bits per heavy atom. The van der Waals surface area contributed by atoms with Crippen molar-refractivity contribution in [2.24, 2.45) is 0 Å². The second-order valence-corrected chi connectivity index (χ2v) is 4.38. The van der Waals surface area contributed by atoms with E-state index in [1.165, 1.54) is 36.1 Å². The lowest BCUT2D eigenvalue weighted by Crippen LogP contribution is -2.13. The van der Waals surface area contributed by atoms with Crippen molar-refractivity contribution in [2.75, 3.05) is 6.54 Å². The van der Waals surface area contributed by atoms with Gasteiger partial charge in [-0.3, -0.25) is 0 Å². The Bertz CT molecular complexity index is 324. The van der Waals surface area contributed by atoms with Crippen molar-refractivity contribution >= 4 is 0 Å². The molecule has 1 heteroatoms. The minimum Gasteiger partial charge on any atom is -0.310 e. The molecule has 0 aromatic heterocycles. The van der Waals surface area contributed by atoms with Gasteiger partial charge in [0.15, 0.2) is 0 Å². The van der Waals surface area contributed by atoms with Crippen molar-refractivity contribution in [1.82, 2.24) is 5.32 Å². The first-order chi connectivity index (χ1) is 7.35. The third-order valence-electron chi connectivity index (χ3n) is 3.45. The van der Waals surface area contributed by atoms with E-state index in [0.717, 1.165) is 12.8 Å². The van der Waals surface area contributed by atoms with E-state index < -0.39 is 0 Å². The summed E-state index contributed by atoms with van der Waals surface area (Å²) in [7, 11) is 0. The molecular weight excluding hydrogens is 182 g/mol. The van der Waals surface area contributed by atoms with Crippen LogP contribution in [0.5, 0.6) is 0 Å². The standard InChI is InChI=1S/C14H21N/c1-3-11-7-8-13(10-12(11)4-2)14-6-5-9-15-14/h7-8,10,14-15H,3-6,9H2,1-2H3. The van der Waals surface area contributed by atoms with Crippen LogP contribution in [0.1, 0.15) is 49.4 Å². The van der Waals surface area contributed by atoms with Crippen LogP contribution in [0, 0.1) is 0 Å². The van der Waals surface area contributed by atoms with Crippen molar-refractivity contribution < 1.29 is 0 Å². The van der Waals surface area contributed by atoms with Gasteiger partial charge in [0.05, 0.1) is 0 Å². The molecule has 0 saturated carbocycles. The summed E-state index contributed by atoms with van der Waals surface area (Å²) in [4.78, 5) is 0. The van der Waals surface area contributed by atoms with Crippen LogP contribution in [0.25, 0.3) is 0 Å². The van der Waals surface area contributed by atoms with Crippen molar-refractivity contribution in [1.29, 1.82) is 0 Å². The number of rotatable bonds is 3. The number of hydrogen-bond acceptors (Lipinski definition) is 1. The Morgan fingerprint density at radius 2 is 2.00 bits per heavy atom. The molecule has 0 amide bonds. The van der Waals surface area contributed by atoms with E-state index in [1.54, 1.807) is 0 Å². The average Bonchev–Trinajstić information content (AvgIpc) is 2.81. The molecular formula is C14H21N. The molecule has 15 heavy (non-hydrogen) atoms. The van der Waals surface area contributed by atoms with Crippen LogP contribution in [-0.4, -0.2) is 6.54 Å². The van der Waals surface area contributed by atoms with E-state index in [-0.39, 0.29) is 0 Å². The van der Waals surface area contributed by atoms with Crippen LogP contribution in [0.15, 0.2) is 18.2 Å². The molecule has 1 fully saturated rings. The normalized spacial score (nSPS) is 20.8. The maximum Gasteiger partial charge on any atom is 0.0320 e. The van der Waals surface area contributed by atoms with E-state index >= 15 is 0 Å². The molecule has 2 rings (SSSR count). The lowest BCUT2D eigenvalue weighted by molar-refractivity contribution is 0.646. The van der Waals surface area contributed by atoms with Gasteiger partial charge < -0.3 is 5.32 Å². The van der Waals surface area contributed by atoms with Gasteiger partial charge in [0.25, 0.3) is 0 Å². The minimum absolute atomic E-state index is 0.612. The highest BCUT2D eigenvalue weighted by Crippen LogP contribution is 2.25. The molecule has 1 nitrogen and oxygen atoms in total. The molecule has 1 atom stereocenters. The van der Waals surface area contributed by atoms with E-state index in [0.29, 0.717) is 6.04 Å². The Kier molecular flexibility index (Phi) is 3.42. The third kappa shape index (κ3) is 2.23. The average molecular weight is 203 g/mol. The third-order valence-corrected chi connectivity index (χ3v) is 3.45. The molecule has 0 radical (unpaired) electrons. The summed E-state index contributed by atoms with van der Waals surface area (Å²) in [5, 5.41) is 3.56. The SMILES string of the molecule is CCc1ccc(C2CCCN2)cc1CC. The van der Waals surface area contributed by atoms with Gasteiger partial charge in [0.2, 0.25) is 0 Å². The van der Waals surface area contributed by atoms with Gasteiger partial charge in [0.1, 0.15) is 0 Å². The highest BCUT2D eigenvalue weighted by atomic mass is 14.9. The summed E-state index contributed by atoms with van der Waals surface area (Å²) in [6.07, 6.45) is 4.93. The van der Waals surface area contributed by atoms with Crippen molar-refractivity contribution in [3.8, 4) is 0 Å². The van der Waals surface area contributed by atoms with Crippen LogP contribution in [0.4, 0.5) is 0 Å². The van der Waals surface area contributed by atoms with E-state index in [4.69, 9.17) is 0 Å². The van der Waals surface area contributed by atoms with Gasteiger partial charge in [-0.15, -0.1) is 0 Å². The Balaban J connectivity index is 2.25. The molecule has 0 spiro atoms. The largest absolute Gasteiger partial charge is 0.310 e. The lowest BCUT2D eigenvalue weighted by atomic mass is 9.96. The summed E-state index contributed by atoms with van der Waals surface area (Å²) in [6, 6.07) is 7.64. The number of aryl methyl sites for hydroxylation is 2. The fraction of sp³-hybridized carbons (Fsp3) is 0.571. The summed E-state index contributed by atoms with van der Waals surface area (Å²) in [5.41, 5.74) is 4.53. The first kappa shape index (κ1) is 10.7. The number of hydrogen-bond donors (Lipinski definition) is 1. The monoisotopic (exact) mass is 203 g/mol. The van der Waals surface area contributed by atoms with Gasteiger partial charge in [-0.2, -0.15) is 0 Å². The Hall–Kier alpha value is -0.820. The second-order valence-electron chi connectivity index (χ2n) is 4.38. The predicted octanol–water partition coefficient (Wildman–Crippen LogP) is 3.24. The molecule has 1 heterocycles. The zero-order valence-electron chi connectivity index (χ0n) is 9.84. The smallest absolute Gasteiger partial charge is 0.0320 e. The van der Waals surface area contributed by atoms with Crippen molar-refractivity contribution in [3.05, 3.63) is 34.9 Å². The molecule has 1 aromatic rings. The zero-order valence-corrected chi connectivity index (χ0v) is 9.84. The molecule has 1 saturated heterocycles. The van der Waals surface area contributed by atoms with Crippen molar-refractivity contribution in [2.45, 2.75) is 45.6 Å². The lowest BCUT2D eigenvalue weighted by Gasteiger charge is -2.14. The van der Waals surface area contributed by atoms with E-state index in [1.807, 2.05) is 0 Å².